The molecule has 2 heterocycles. The van der Waals surface area contributed by atoms with Gasteiger partial charge in [-0.2, -0.15) is 0 Å². The molecular formula is C17H21N2O6S+. The molecule has 3 N–H and O–H groups in total. The van der Waals surface area contributed by atoms with Crippen LogP contribution < -0.4 is 10.6 Å². The number of methoxy groups -OCH3 is 1. The van der Waals surface area contributed by atoms with Crippen molar-refractivity contribution in [2.75, 3.05) is 25.6 Å². The fraction of sp³-hybridized carbons (Fsp3) is 0.353. The highest BCUT2D eigenvalue weighted by atomic mass is 32.1. The number of hydrogen-bond acceptors (Lipinski definition) is 7. The maximum absolute atomic E-state index is 12.2. The Kier molecular flexibility index (Phi) is 6.93. The smallest absolute Gasteiger partial charge is 0.348 e. The van der Waals surface area contributed by atoms with Crippen LogP contribution in [0.2, 0.25) is 0 Å². The number of rotatable bonds is 8. The van der Waals surface area contributed by atoms with E-state index in [0.717, 1.165) is 17.1 Å². The summed E-state index contributed by atoms with van der Waals surface area (Å²) >= 11 is 0.993. The van der Waals surface area contributed by atoms with Gasteiger partial charge in [-0.05, 0) is 31.5 Å². The van der Waals surface area contributed by atoms with Crippen molar-refractivity contribution < 1.29 is 33.6 Å². The van der Waals surface area contributed by atoms with Gasteiger partial charge >= 0.3 is 11.9 Å². The van der Waals surface area contributed by atoms with Crippen LogP contribution in [-0.2, 0) is 20.8 Å². The summed E-state index contributed by atoms with van der Waals surface area (Å²) in [7, 11) is 1.26. The number of quaternary nitrogens is 1. The summed E-state index contributed by atoms with van der Waals surface area (Å²) in [6, 6.07) is 3.59. The quantitative estimate of drug-likeness (QED) is 0.667. The third-order valence-electron chi connectivity index (χ3n) is 3.51. The van der Waals surface area contributed by atoms with E-state index in [1.165, 1.54) is 7.11 Å². The second kappa shape index (κ2) is 9.16. The van der Waals surface area contributed by atoms with E-state index in [4.69, 9.17) is 13.9 Å². The molecule has 0 radical (unpaired) electrons. The highest BCUT2D eigenvalue weighted by Crippen LogP contribution is 2.34. The summed E-state index contributed by atoms with van der Waals surface area (Å²) in [5, 5.41) is 4.72. The molecular weight excluding hydrogens is 360 g/mol. The summed E-state index contributed by atoms with van der Waals surface area (Å²) in [4.78, 5) is 36.6. The summed E-state index contributed by atoms with van der Waals surface area (Å²) < 4.78 is 15.0. The number of furan rings is 1. The van der Waals surface area contributed by atoms with Crippen LogP contribution >= 0.6 is 11.3 Å². The third kappa shape index (κ3) is 4.70. The highest BCUT2D eigenvalue weighted by molar-refractivity contribution is 7.18. The molecule has 26 heavy (non-hydrogen) atoms. The van der Waals surface area contributed by atoms with Crippen LogP contribution in [-0.4, -0.2) is 38.1 Å². The number of esters is 2. The van der Waals surface area contributed by atoms with Gasteiger partial charge in [0.25, 0.3) is 5.91 Å². The number of anilines is 1. The predicted molar refractivity (Wildman–Crippen MR) is 94.2 cm³/mol. The van der Waals surface area contributed by atoms with Crippen molar-refractivity contribution in [2.45, 2.75) is 20.4 Å². The van der Waals surface area contributed by atoms with Gasteiger partial charge in [-0.3, -0.25) is 4.79 Å². The maximum Gasteiger partial charge on any atom is 0.348 e. The van der Waals surface area contributed by atoms with E-state index < -0.39 is 11.9 Å². The summed E-state index contributed by atoms with van der Waals surface area (Å²) in [6.07, 6.45) is 1.57. The van der Waals surface area contributed by atoms with Gasteiger partial charge in [-0.1, -0.05) is 0 Å². The lowest BCUT2D eigenvalue weighted by Crippen LogP contribution is -2.84. The van der Waals surface area contributed by atoms with Crippen LogP contribution in [0.4, 0.5) is 5.00 Å². The van der Waals surface area contributed by atoms with Gasteiger partial charge < -0.3 is 24.5 Å². The first-order chi connectivity index (χ1) is 12.5. The lowest BCUT2D eigenvalue weighted by atomic mass is 10.1. The number of nitrogens with two attached hydrogens (primary N) is 1. The minimum atomic E-state index is -0.591. The Morgan fingerprint density at radius 2 is 2.08 bits per heavy atom. The molecule has 2 aromatic rings. The fourth-order valence-electron chi connectivity index (χ4n) is 2.29. The van der Waals surface area contributed by atoms with Crippen LogP contribution in [0.25, 0.3) is 0 Å². The molecule has 0 spiro atoms. The van der Waals surface area contributed by atoms with E-state index in [0.29, 0.717) is 12.1 Å². The van der Waals surface area contributed by atoms with E-state index in [2.05, 4.69) is 5.32 Å². The molecule has 0 saturated heterocycles. The Morgan fingerprint density at radius 3 is 2.69 bits per heavy atom. The van der Waals surface area contributed by atoms with E-state index in [-0.39, 0.29) is 34.5 Å². The molecule has 2 rings (SSSR count). The molecule has 0 aliphatic heterocycles. The Labute approximate surface area is 154 Å². The zero-order valence-electron chi connectivity index (χ0n) is 14.8. The molecule has 0 saturated carbocycles. The van der Waals surface area contributed by atoms with Crippen molar-refractivity contribution in [1.29, 1.82) is 0 Å². The van der Waals surface area contributed by atoms with E-state index in [1.807, 2.05) is 6.07 Å². The molecule has 0 atom stereocenters. The Bertz CT molecular complexity index is 782. The zero-order valence-corrected chi connectivity index (χ0v) is 15.6. The summed E-state index contributed by atoms with van der Waals surface area (Å²) in [5.74, 6) is -0.709. The molecule has 0 fully saturated rings. The van der Waals surface area contributed by atoms with Gasteiger partial charge in [0.05, 0.1) is 25.5 Å². The van der Waals surface area contributed by atoms with E-state index in [9.17, 15) is 14.4 Å². The van der Waals surface area contributed by atoms with Gasteiger partial charge in [-0.25, -0.2) is 9.59 Å². The number of nitrogens with one attached hydrogen (secondary N) is 1. The molecule has 0 bridgehead atoms. The van der Waals surface area contributed by atoms with Crippen molar-refractivity contribution in [3.63, 3.8) is 0 Å². The van der Waals surface area contributed by atoms with Crippen molar-refractivity contribution >= 4 is 34.2 Å². The number of thiophene rings is 1. The van der Waals surface area contributed by atoms with Crippen LogP contribution in [0.3, 0.4) is 0 Å². The lowest BCUT2D eigenvalue weighted by molar-refractivity contribution is -0.661. The monoisotopic (exact) mass is 381 g/mol. The molecule has 0 aliphatic rings. The average Bonchev–Trinajstić information content (AvgIpc) is 3.22. The van der Waals surface area contributed by atoms with Crippen molar-refractivity contribution in [3.05, 3.63) is 40.2 Å². The minimum absolute atomic E-state index is 0.132. The predicted octanol–water partition coefficient (Wildman–Crippen LogP) is 1.31. The van der Waals surface area contributed by atoms with Crippen molar-refractivity contribution in [1.82, 2.24) is 0 Å². The number of amides is 1. The van der Waals surface area contributed by atoms with Crippen LogP contribution in [0.5, 0.6) is 0 Å². The third-order valence-corrected chi connectivity index (χ3v) is 4.69. The van der Waals surface area contributed by atoms with Crippen LogP contribution in [0, 0.1) is 6.92 Å². The number of hydrogen-bond donors (Lipinski definition) is 2. The summed E-state index contributed by atoms with van der Waals surface area (Å²) in [6.45, 7) is 4.14. The minimum Gasteiger partial charge on any atom is -0.465 e. The van der Waals surface area contributed by atoms with Gasteiger partial charge in [-0.15, -0.1) is 11.3 Å². The Morgan fingerprint density at radius 1 is 1.31 bits per heavy atom. The first-order valence-electron chi connectivity index (χ1n) is 8.00. The van der Waals surface area contributed by atoms with Gasteiger partial charge in [0, 0.05) is 0 Å². The van der Waals surface area contributed by atoms with Crippen molar-refractivity contribution in [2.24, 2.45) is 0 Å². The lowest BCUT2D eigenvalue weighted by Gasteiger charge is -2.06. The summed E-state index contributed by atoms with van der Waals surface area (Å²) in [5.41, 5.74) is 0.604. The molecule has 140 valence electrons. The molecule has 9 heteroatoms. The Balaban J connectivity index is 2.11. The average molecular weight is 381 g/mol. The largest absolute Gasteiger partial charge is 0.465 e. The maximum atomic E-state index is 12.2. The molecule has 0 aliphatic carbocycles. The van der Waals surface area contributed by atoms with Crippen LogP contribution in [0.1, 0.15) is 38.3 Å². The number of ether oxygens (including phenoxy) is 2. The van der Waals surface area contributed by atoms with Crippen molar-refractivity contribution in [3.8, 4) is 0 Å². The van der Waals surface area contributed by atoms with E-state index in [1.54, 1.807) is 31.5 Å². The van der Waals surface area contributed by atoms with E-state index >= 15 is 0 Å². The molecule has 0 unspecified atom stereocenters. The highest BCUT2D eigenvalue weighted by Gasteiger charge is 2.27. The molecule has 8 nitrogen and oxygen atoms in total. The normalized spacial score (nSPS) is 10.4. The fourth-order valence-corrected chi connectivity index (χ4v) is 3.42. The molecule has 2 aromatic heterocycles. The van der Waals surface area contributed by atoms with Gasteiger partial charge in [0.1, 0.15) is 16.4 Å². The molecule has 1 amide bonds. The second-order valence-corrected chi connectivity index (χ2v) is 6.32. The molecule has 0 aromatic carbocycles. The topological polar surface area (TPSA) is 111 Å². The SMILES string of the molecule is CCOC(=O)c1c(NC(=O)C[NH2+]Cc2ccco2)sc(C(=O)OC)c1C. The van der Waals surface area contributed by atoms with Gasteiger partial charge in [0.2, 0.25) is 0 Å². The van der Waals surface area contributed by atoms with Crippen LogP contribution in [0.15, 0.2) is 22.8 Å². The second-order valence-electron chi connectivity index (χ2n) is 5.30. The Hall–Kier alpha value is -2.65. The first-order valence-corrected chi connectivity index (χ1v) is 8.82. The number of carbonyl (C=O) groups is 3. The zero-order chi connectivity index (χ0) is 19.1. The van der Waals surface area contributed by atoms with Gasteiger partial charge in [0.15, 0.2) is 12.3 Å². The first kappa shape index (κ1) is 19.7. The standard InChI is InChI=1S/C17H20N2O6S/c1-4-24-16(21)13-10(2)14(17(22)23-3)26-15(13)19-12(20)9-18-8-11-6-5-7-25-11/h5-7,18H,4,8-9H2,1-3H3,(H,19,20)/p+1. The number of carbonyl (C=O) groups excluding carboxylic acids is 3.